The maximum absolute atomic E-state index is 4.76. The van der Waals surface area contributed by atoms with Gasteiger partial charge in [-0.15, -0.1) is 0 Å². The summed E-state index contributed by atoms with van der Waals surface area (Å²) in [5.41, 5.74) is 11.4. The molecule has 1 atom stereocenters. The van der Waals surface area contributed by atoms with Crippen LogP contribution in [0.1, 0.15) is 61.4 Å². The van der Waals surface area contributed by atoms with E-state index in [9.17, 15) is 0 Å². The monoisotopic (exact) mass is 609 g/mol. The van der Waals surface area contributed by atoms with Crippen LogP contribution in [-0.2, 0) is 0 Å². The predicted octanol–water partition coefficient (Wildman–Crippen LogP) is 11.7. The van der Waals surface area contributed by atoms with E-state index in [0.29, 0.717) is 0 Å². The first kappa shape index (κ1) is 30.3. The molecule has 0 saturated heterocycles. The van der Waals surface area contributed by atoms with Crippen molar-refractivity contribution in [2.75, 3.05) is 0 Å². The Morgan fingerprint density at radius 2 is 1.51 bits per heavy atom. The summed E-state index contributed by atoms with van der Waals surface area (Å²) < 4.78 is 0. The van der Waals surface area contributed by atoms with Gasteiger partial charge in [0.25, 0.3) is 0 Å². The summed E-state index contributed by atoms with van der Waals surface area (Å²) in [5.74, 6) is 0.175. The lowest BCUT2D eigenvalue weighted by Crippen LogP contribution is -1.97. The lowest BCUT2D eigenvalue weighted by molar-refractivity contribution is 0.992. The number of benzene rings is 4. The van der Waals surface area contributed by atoms with Gasteiger partial charge in [-0.25, -0.2) is 0 Å². The molecule has 1 aliphatic carbocycles. The zero-order chi connectivity index (χ0) is 32.2. The fourth-order valence-electron chi connectivity index (χ4n) is 6.86. The maximum Gasteiger partial charge on any atom is 0.107 e. The van der Waals surface area contributed by atoms with Crippen LogP contribution in [0, 0.1) is 6.92 Å². The maximum atomic E-state index is 4.76. The van der Waals surface area contributed by atoms with Gasteiger partial charge in [-0.1, -0.05) is 123 Å². The van der Waals surface area contributed by atoms with E-state index in [1.807, 2.05) is 6.92 Å². The van der Waals surface area contributed by atoms with Gasteiger partial charge in [0.05, 0.1) is 11.9 Å². The topological polar surface area (TPSA) is 38.7 Å². The Bertz CT molecular complexity index is 2130. The molecule has 0 radical (unpaired) electrons. The van der Waals surface area contributed by atoms with Gasteiger partial charge in [0, 0.05) is 24.0 Å². The minimum absolute atomic E-state index is 0.175. The molecule has 0 bridgehead atoms. The minimum atomic E-state index is 0.175. The standard InChI is InChI=1S/C44H39N3/c1-4-12-32(36-27-31(3)47-41(28-36)42-29-45-25-26-46-42)20-19-30(2)43-37-15-8-10-17-39(37)44(40-18-11-9-16-38(40)43)35-23-21-34(22-24-35)33-13-6-5-7-14-33/h6,8-30H,4-5,7H2,1-3H3/b20-19-,32-12+. The van der Waals surface area contributed by atoms with Crippen molar-refractivity contribution in [3.8, 4) is 22.5 Å². The number of hydrogen-bond acceptors (Lipinski definition) is 3. The zero-order valence-corrected chi connectivity index (χ0v) is 27.3. The van der Waals surface area contributed by atoms with Crippen molar-refractivity contribution >= 4 is 32.7 Å². The van der Waals surface area contributed by atoms with Crippen molar-refractivity contribution in [2.45, 2.75) is 46.0 Å². The van der Waals surface area contributed by atoms with Crippen molar-refractivity contribution in [2.24, 2.45) is 0 Å². The first-order valence-corrected chi connectivity index (χ1v) is 16.7. The highest BCUT2D eigenvalue weighted by molar-refractivity contribution is 6.15. The number of nitrogens with zero attached hydrogens (tertiary/aromatic N) is 3. The highest BCUT2D eigenvalue weighted by Gasteiger charge is 2.18. The lowest BCUT2D eigenvalue weighted by Gasteiger charge is -2.20. The molecule has 0 amide bonds. The molecule has 6 aromatic rings. The highest BCUT2D eigenvalue weighted by atomic mass is 14.8. The summed E-state index contributed by atoms with van der Waals surface area (Å²) in [7, 11) is 0. The molecule has 230 valence electrons. The summed E-state index contributed by atoms with van der Waals surface area (Å²) in [6, 6.07) is 31.2. The second kappa shape index (κ2) is 13.5. The summed E-state index contributed by atoms with van der Waals surface area (Å²) in [6.45, 7) is 6.54. The van der Waals surface area contributed by atoms with Gasteiger partial charge in [0.1, 0.15) is 5.69 Å². The summed E-state index contributed by atoms with van der Waals surface area (Å²) in [5, 5.41) is 5.17. The van der Waals surface area contributed by atoms with Gasteiger partial charge < -0.3 is 0 Å². The molecule has 47 heavy (non-hydrogen) atoms. The molecule has 3 nitrogen and oxygen atoms in total. The van der Waals surface area contributed by atoms with Crippen LogP contribution in [0.5, 0.6) is 0 Å². The van der Waals surface area contributed by atoms with Gasteiger partial charge in [-0.2, -0.15) is 0 Å². The highest BCUT2D eigenvalue weighted by Crippen LogP contribution is 2.42. The van der Waals surface area contributed by atoms with Crippen LogP contribution >= 0.6 is 0 Å². The lowest BCUT2D eigenvalue weighted by atomic mass is 9.83. The molecule has 1 aliphatic rings. The number of rotatable bonds is 8. The van der Waals surface area contributed by atoms with Crippen LogP contribution in [0.15, 0.2) is 140 Å². The van der Waals surface area contributed by atoms with Gasteiger partial charge >= 0.3 is 0 Å². The number of aryl methyl sites for hydroxylation is 1. The van der Waals surface area contributed by atoms with Crippen LogP contribution < -0.4 is 0 Å². The van der Waals surface area contributed by atoms with Gasteiger partial charge in [-0.05, 0) is 98.8 Å². The van der Waals surface area contributed by atoms with E-state index in [0.717, 1.165) is 41.9 Å². The smallest absolute Gasteiger partial charge is 0.107 e. The number of pyridine rings is 1. The molecule has 0 fully saturated rings. The fourth-order valence-corrected chi connectivity index (χ4v) is 6.86. The number of allylic oxidation sites excluding steroid dienone is 8. The van der Waals surface area contributed by atoms with Gasteiger partial charge in [0.15, 0.2) is 0 Å². The van der Waals surface area contributed by atoms with Crippen molar-refractivity contribution in [1.29, 1.82) is 0 Å². The van der Waals surface area contributed by atoms with Crippen molar-refractivity contribution in [1.82, 2.24) is 15.0 Å². The van der Waals surface area contributed by atoms with Crippen LogP contribution in [0.3, 0.4) is 0 Å². The number of hydrogen-bond donors (Lipinski definition) is 0. The second-order valence-electron chi connectivity index (χ2n) is 12.3. The van der Waals surface area contributed by atoms with E-state index in [2.05, 4.69) is 145 Å². The molecule has 1 unspecified atom stereocenters. The molecule has 7 rings (SSSR count). The number of aromatic nitrogens is 3. The third-order valence-electron chi connectivity index (χ3n) is 9.03. The van der Waals surface area contributed by atoms with Crippen LogP contribution in [-0.4, -0.2) is 15.0 Å². The predicted molar refractivity (Wildman–Crippen MR) is 199 cm³/mol. The molecule has 0 N–H and O–H groups in total. The third-order valence-corrected chi connectivity index (χ3v) is 9.03. The normalized spacial score (nSPS) is 14.2. The molecule has 0 aliphatic heterocycles. The number of fused-ring (bicyclic) bond motifs is 2. The Hall–Kier alpha value is -5.41. The average molecular weight is 610 g/mol. The summed E-state index contributed by atoms with van der Waals surface area (Å²) in [4.78, 5) is 13.5. The van der Waals surface area contributed by atoms with E-state index in [4.69, 9.17) is 4.98 Å². The quantitative estimate of drug-likeness (QED) is 0.127. The fraction of sp³-hybridized carbons (Fsp3) is 0.159. The molecule has 0 saturated carbocycles. The van der Waals surface area contributed by atoms with Crippen molar-refractivity contribution < 1.29 is 0 Å². The minimum Gasteiger partial charge on any atom is -0.261 e. The van der Waals surface area contributed by atoms with E-state index in [-0.39, 0.29) is 5.92 Å². The summed E-state index contributed by atoms with van der Waals surface area (Å²) in [6.07, 6.45) is 22.1. The van der Waals surface area contributed by atoms with Crippen molar-refractivity contribution in [3.63, 3.8) is 0 Å². The molecule has 4 aromatic carbocycles. The van der Waals surface area contributed by atoms with E-state index < -0.39 is 0 Å². The Morgan fingerprint density at radius 1 is 0.809 bits per heavy atom. The second-order valence-corrected chi connectivity index (χ2v) is 12.3. The summed E-state index contributed by atoms with van der Waals surface area (Å²) >= 11 is 0. The Kier molecular flexibility index (Phi) is 8.70. The third kappa shape index (κ3) is 6.22. The van der Waals surface area contributed by atoms with Crippen LogP contribution in [0.25, 0.3) is 55.2 Å². The van der Waals surface area contributed by atoms with Crippen molar-refractivity contribution in [3.05, 3.63) is 162 Å². The SMILES string of the molecule is CC/C=C(\C=C/C(C)c1c2ccccc2c(-c2ccc(C3=CCCC=C3)cc2)c2ccccc12)c1cc(C)nc(-c2cnccn2)c1. The van der Waals surface area contributed by atoms with Crippen LogP contribution in [0.4, 0.5) is 0 Å². The molecule has 3 heteroatoms. The first-order chi connectivity index (χ1) is 23.1. The average Bonchev–Trinajstić information content (AvgIpc) is 3.12. The van der Waals surface area contributed by atoms with E-state index in [1.54, 1.807) is 18.6 Å². The molecular formula is C44H39N3. The molecule has 0 spiro atoms. The Balaban J connectivity index is 1.30. The molecule has 2 aromatic heterocycles. The molecular weight excluding hydrogens is 571 g/mol. The van der Waals surface area contributed by atoms with E-state index >= 15 is 0 Å². The van der Waals surface area contributed by atoms with Gasteiger partial charge in [0.2, 0.25) is 0 Å². The first-order valence-electron chi connectivity index (χ1n) is 16.7. The van der Waals surface area contributed by atoms with E-state index in [1.165, 1.54) is 54.9 Å². The Labute approximate surface area is 277 Å². The Morgan fingerprint density at radius 3 is 2.15 bits per heavy atom. The zero-order valence-electron chi connectivity index (χ0n) is 27.3. The van der Waals surface area contributed by atoms with Gasteiger partial charge in [-0.3, -0.25) is 15.0 Å². The molecule has 2 heterocycles. The largest absolute Gasteiger partial charge is 0.261 e. The van der Waals surface area contributed by atoms with Crippen LogP contribution in [0.2, 0.25) is 0 Å².